The Bertz CT molecular complexity index is 1080. The van der Waals surface area contributed by atoms with Gasteiger partial charge in [-0.2, -0.15) is 4.98 Å². The summed E-state index contributed by atoms with van der Waals surface area (Å²) in [5.74, 6) is 2.36. The van der Waals surface area contributed by atoms with Crippen molar-refractivity contribution in [3.63, 3.8) is 0 Å². The molecule has 0 saturated carbocycles. The van der Waals surface area contributed by atoms with Crippen molar-refractivity contribution in [2.45, 2.75) is 37.2 Å². The number of hydrogen-bond donors (Lipinski definition) is 0. The van der Waals surface area contributed by atoms with Gasteiger partial charge in [0.1, 0.15) is 5.82 Å². The van der Waals surface area contributed by atoms with Crippen LogP contribution in [0.5, 0.6) is 0 Å². The molecule has 2 aromatic heterocycles. The van der Waals surface area contributed by atoms with E-state index in [2.05, 4.69) is 32.5 Å². The van der Waals surface area contributed by atoms with Crippen molar-refractivity contribution >= 4 is 11.8 Å². The molecule has 0 fully saturated rings. The van der Waals surface area contributed by atoms with Gasteiger partial charge in [-0.05, 0) is 29.8 Å². The molecule has 0 saturated heterocycles. The minimum absolute atomic E-state index is 0.212. The van der Waals surface area contributed by atoms with Gasteiger partial charge in [-0.15, -0.1) is 10.2 Å². The van der Waals surface area contributed by atoms with E-state index in [0.29, 0.717) is 29.8 Å². The first kappa shape index (κ1) is 19.3. The average molecular weight is 409 g/mol. The Labute approximate surface area is 172 Å². The summed E-state index contributed by atoms with van der Waals surface area (Å²) < 4.78 is 20.7. The van der Waals surface area contributed by atoms with E-state index in [-0.39, 0.29) is 11.7 Å². The molecule has 0 N–H and O–H groups in total. The molecule has 0 radical (unpaired) electrons. The van der Waals surface area contributed by atoms with Crippen LogP contribution < -0.4 is 0 Å². The predicted molar refractivity (Wildman–Crippen MR) is 109 cm³/mol. The molecule has 0 amide bonds. The van der Waals surface area contributed by atoms with Crippen molar-refractivity contribution in [3.05, 3.63) is 77.7 Å². The first-order chi connectivity index (χ1) is 14.1. The van der Waals surface area contributed by atoms with Gasteiger partial charge in [-0.25, -0.2) is 4.39 Å². The second kappa shape index (κ2) is 8.57. The first-order valence-electron chi connectivity index (χ1n) is 9.28. The summed E-state index contributed by atoms with van der Waals surface area (Å²) in [6.07, 6.45) is 0. The van der Waals surface area contributed by atoms with Crippen LogP contribution in [0, 0.1) is 5.82 Å². The molecule has 29 heavy (non-hydrogen) atoms. The van der Waals surface area contributed by atoms with Crippen LogP contribution in [0.3, 0.4) is 0 Å². The second-order valence-electron chi connectivity index (χ2n) is 6.87. The van der Waals surface area contributed by atoms with Gasteiger partial charge in [0.25, 0.3) is 0 Å². The SMILES string of the molecule is CC(C)c1noc(CSc2nnc(-c3ccc(F)cc3)n2Cc2ccccc2)n1. The highest BCUT2D eigenvalue weighted by molar-refractivity contribution is 7.98. The van der Waals surface area contributed by atoms with E-state index < -0.39 is 0 Å². The van der Waals surface area contributed by atoms with Crippen LogP contribution in [-0.4, -0.2) is 24.9 Å². The summed E-state index contributed by atoms with van der Waals surface area (Å²) in [6, 6.07) is 16.3. The van der Waals surface area contributed by atoms with Gasteiger partial charge in [0.2, 0.25) is 5.89 Å². The first-order valence-corrected chi connectivity index (χ1v) is 10.3. The third-order valence-corrected chi connectivity index (χ3v) is 5.28. The lowest BCUT2D eigenvalue weighted by Gasteiger charge is -2.10. The third-order valence-electron chi connectivity index (χ3n) is 4.33. The zero-order valence-corrected chi connectivity index (χ0v) is 16.9. The van der Waals surface area contributed by atoms with Crippen LogP contribution >= 0.6 is 11.8 Å². The van der Waals surface area contributed by atoms with E-state index in [1.54, 1.807) is 12.1 Å². The Morgan fingerprint density at radius 1 is 1.03 bits per heavy atom. The van der Waals surface area contributed by atoms with Gasteiger partial charge >= 0.3 is 0 Å². The molecule has 0 unspecified atom stereocenters. The van der Waals surface area contributed by atoms with Crippen molar-refractivity contribution in [2.24, 2.45) is 0 Å². The Kier molecular flexibility index (Phi) is 5.71. The average Bonchev–Trinajstić information content (AvgIpc) is 3.35. The van der Waals surface area contributed by atoms with Gasteiger partial charge < -0.3 is 4.52 Å². The van der Waals surface area contributed by atoms with Gasteiger partial charge in [0.05, 0.1) is 12.3 Å². The summed E-state index contributed by atoms with van der Waals surface area (Å²) in [6.45, 7) is 4.64. The van der Waals surface area contributed by atoms with Crippen LogP contribution in [0.15, 0.2) is 64.3 Å². The van der Waals surface area contributed by atoms with Gasteiger partial charge in [-0.3, -0.25) is 4.57 Å². The van der Waals surface area contributed by atoms with Crippen LogP contribution in [0.2, 0.25) is 0 Å². The fourth-order valence-corrected chi connectivity index (χ4v) is 3.58. The molecule has 0 aliphatic heterocycles. The summed E-state index contributed by atoms with van der Waals surface area (Å²) in [7, 11) is 0. The molecule has 6 nitrogen and oxygen atoms in total. The molecule has 2 aromatic carbocycles. The lowest BCUT2D eigenvalue weighted by molar-refractivity contribution is 0.382. The Morgan fingerprint density at radius 3 is 2.48 bits per heavy atom. The quantitative estimate of drug-likeness (QED) is 0.403. The standard InChI is InChI=1S/C21H20FN5OS/c1-14(2)19-23-18(28-26-19)13-29-21-25-24-20(16-8-10-17(22)11-9-16)27(21)12-15-6-4-3-5-7-15/h3-11,14H,12-13H2,1-2H3. The molecule has 0 spiro atoms. The van der Waals surface area contributed by atoms with Gasteiger partial charge in [-0.1, -0.05) is 61.1 Å². The number of nitrogens with zero attached hydrogens (tertiary/aromatic N) is 5. The van der Waals surface area contributed by atoms with Gasteiger partial charge in [0.15, 0.2) is 16.8 Å². The summed E-state index contributed by atoms with van der Waals surface area (Å²) in [5, 5.41) is 13.5. The number of rotatable bonds is 7. The molecule has 0 bridgehead atoms. The monoisotopic (exact) mass is 409 g/mol. The van der Waals surface area contributed by atoms with E-state index in [1.165, 1.54) is 23.9 Å². The number of thioether (sulfide) groups is 1. The van der Waals surface area contributed by atoms with Crippen molar-refractivity contribution < 1.29 is 8.91 Å². The maximum atomic E-state index is 13.4. The number of aromatic nitrogens is 5. The number of benzene rings is 2. The lowest BCUT2D eigenvalue weighted by Crippen LogP contribution is -2.04. The molecule has 2 heterocycles. The molecular formula is C21H20FN5OS. The molecule has 0 aliphatic carbocycles. The van der Waals surface area contributed by atoms with Crippen LogP contribution in [0.4, 0.5) is 4.39 Å². The Morgan fingerprint density at radius 2 is 1.79 bits per heavy atom. The fraction of sp³-hybridized carbons (Fsp3) is 0.238. The topological polar surface area (TPSA) is 69.6 Å². The summed E-state index contributed by atoms with van der Waals surface area (Å²) in [4.78, 5) is 4.42. The minimum atomic E-state index is -0.283. The van der Waals surface area contributed by atoms with Crippen LogP contribution in [-0.2, 0) is 12.3 Å². The largest absolute Gasteiger partial charge is 0.338 e. The highest BCUT2D eigenvalue weighted by atomic mass is 32.2. The predicted octanol–water partition coefficient (Wildman–Crippen LogP) is 4.93. The van der Waals surface area contributed by atoms with E-state index >= 15 is 0 Å². The lowest BCUT2D eigenvalue weighted by atomic mass is 10.2. The number of hydrogen-bond acceptors (Lipinski definition) is 6. The molecule has 8 heteroatoms. The molecule has 0 aliphatic rings. The second-order valence-corrected chi connectivity index (χ2v) is 7.82. The van der Waals surface area contributed by atoms with E-state index in [4.69, 9.17) is 4.52 Å². The molecular weight excluding hydrogens is 389 g/mol. The zero-order chi connectivity index (χ0) is 20.2. The fourth-order valence-electron chi connectivity index (χ4n) is 2.80. The van der Waals surface area contributed by atoms with Crippen LogP contribution in [0.25, 0.3) is 11.4 Å². The van der Waals surface area contributed by atoms with Crippen molar-refractivity contribution in [2.75, 3.05) is 0 Å². The van der Waals surface area contributed by atoms with E-state index in [9.17, 15) is 4.39 Å². The Hall–Kier alpha value is -3.00. The smallest absolute Gasteiger partial charge is 0.237 e. The van der Waals surface area contributed by atoms with E-state index in [0.717, 1.165) is 16.3 Å². The highest BCUT2D eigenvalue weighted by Gasteiger charge is 2.17. The van der Waals surface area contributed by atoms with E-state index in [1.807, 2.05) is 36.6 Å². The van der Waals surface area contributed by atoms with Crippen molar-refractivity contribution in [3.8, 4) is 11.4 Å². The molecule has 4 aromatic rings. The normalized spacial score (nSPS) is 11.3. The van der Waals surface area contributed by atoms with Gasteiger partial charge in [0, 0.05) is 11.5 Å². The molecule has 148 valence electrons. The number of halogens is 1. The zero-order valence-electron chi connectivity index (χ0n) is 16.1. The van der Waals surface area contributed by atoms with Crippen molar-refractivity contribution in [1.82, 2.24) is 24.9 Å². The third kappa shape index (κ3) is 4.54. The van der Waals surface area contributed by atoms with Crippen molar-refractivity contribution in [1.29, 1.82) is 0 Å². The summed E-state index contributed by atoms with van der Waals surface area (Å²) >= 11 is 1.48. The maximum Gasteiger partial charge on any atom is 0.237 e. The molecule has 0 atom stereocenters. The molecule has 4 rings (SSSR count). The Balaban J connectivity index is 1.62. The highest BCUT2D eigenvalue weighted by Crippen LogP contribution is 2.27. The maximum absolute atomic E-state index is 13.4. The summed E-state index contributed by atoms with van der Waals surface area (Å²) in [5.41, 5.74) is 1.93. The minimum Gasteiger partial charge on any atom is -0.338 e. The van der Waals surface area contributed by atoms with Crippen LogP contribution in [0.1, 0.15) is 37.0 Å².